The summed E-state index contributed by atoms with van der Waals surface area (Å²) in [5, 5.41) is 15.3. The number of hydrogen-bond acceptors (Lipinski definition) is 4. The topological polar surface area (TPSA) is 136 Å². The maximum atomic E-state index is 11.9. The van der Waals surface area contributed by atoms with Gasteiger partial charge in [-0.15, -0.1) is 17.0 Å². The number of carbonyl (C=O) groups excluding carboxylic acids is 1. The van der Waals surface area contributed by atoms with E-state index in [0.29, 0.717) is 29.4 Å². The van der Waals surface area contributed by atoms with E-state index in [1.54, 1.807) is 6.20 Å². The number of aromatic amines is 1. The lowest BCUT2D eigenvalue weighted by atomic mass is 9.52. The number of nitrogens with one attached hydrogen (secondary N) is 2. The molecule has 4 aliphatic rings. The van der Waals surface area contributed by atoms with Crippen molar-refractivity contribution in [3.8, 4) is 0 Å². The van der Waals surface area contributed by atoms with Gasteiger partial charge < -0.3 is 26.6 Å². The molecule has 2 heterocycles. The summed E-state index contributed by atoms with van der Waals surface area (Å²) in [7, 11) is 0. The number of pyridine rings is 1. The molecule has 0 spiro atoms. The van der Waals surface area contributed by atoms with Crippen LogP contribution >= 0.6 is 17.0 Å². The lowest BCUT2D eigenvalue weighted by molar-refractivity contribution is -0.129. The van der Waals surface area contributed by atoms with Crippen molar-refractivity contribution in [1.82, 2.24) is 9.97 Å². The summed E-state index contributed by atoms with van der Waals surface area (Å²) in [6.07, 6.45) is 8.42. The lowest BCUT2D eigenvalue weighted by Gasteiger charge is -2.58. The van der Waals surface area contributed by atoms with Crippen LogP contribution in [0.1, 0.15) is 42.5 Å². The van der Waals surface area contributed by atoms with E-state index in [4.69, 9.17) is 5.73 Å². The molecule has 26 heavy (non-hydrogen) atoms. The normalized spacial score (nSPS) is 34.2. The third-order valence-electron chi connectivity index (χ3n) is 6.40. The van der Waals surface area contributed by atoms with Crippen molar-refractivity contribution >= 4 is 39.6 Å². The number of hydrogen-bond donors (Lipinski definition) is 4. The van der Waals surface area contributed by atoms with Crippen molar-refractivity contribution < 1.29 is 15.4 Å². The molecule has 0 aromatic carbocycles. The predicted molar refractivity (Wildman–Crippen MR) is 104 cm³/mol. The SMILES string of the molecule is Br.NC(=O)c1cnc2[nH]ccc2c1N[C@H]1[C@@H]2C[C@H]3C[C@H]1C[C@@](O)(C3)C2.O. The van der Waals surface area contributed by atoms with Crippen molar-refractivity contribution in [3.63, 3.8) is 0 Å². The fraction of sp³-hybridized carbons (Fsp3) is 0.556. The molecule has 2 aromatic rings. The number of carbonyl (C=O) groups is 1. The van der Waals surface area contributed by atoms with Crippen LogP contribution in [0.25, 0.3) is 11.0 Å². The van der Waals surface area contributed by atoms with Gasteiger partial charge in [0, 0.05) is 23.8 Å². The molecule has 6 rings (SSSR count). The van der Waals surface area contributed by atoms with Gasteiger partial charge in [0.2, 0.25) is 0 Å². The van der Waals surface area contributed by atoms with Crippen molar-refractivity contribution in [2.45, 2.75) is 43.7 Å². The molecular formula is C18H25BrN4O3. The molecule has 5 atom stereocenters. The molecule has 0 aliphatic heterocycles. The number of aliphatic hydroxyl groups is 1. The maximum Gasteiger partial charge on any atom is 0.252 e. The minimum absolute atomic E-state index is 0. The number of fused-ring (bicyclic) bond motifs is 1. The highest BCUT2D eigenvalue weighted by Crippen LogP contribution is 2.56. The second-order valence-corrected chi connectivity index (χ2v) is 8.02. The summed E-state index contributed by atoms with van der Waals surface area (Å²) in [5.74, 6) is 1.12. The van der Waals surface area contributed by atoms with E-state index in [0.717, 1.165) is 36.0 Å². The number of H-pyrrole nitrogens is 1. The van der Waals surface area contributed by atoms with Gasteiger partial charge in [-0.1, -0.05) is 0 Å². The summed E-state index contributed by atoms with van der Waals surface area (Å²) in [4.78, 5) is 19.3. The second kappa shape index (κ2) is 6.51. The van der Waals surface area contributed by atoms with E-state index >= 15 is 0 Å². The molecule has 4 fully saturated rings. The zero-order valence-corrected chi connectivity index (χ0v) is 16.1. The highest BCUT2D eigenvalue weighted by molar-refractivity contribution is 8.93. The van der Waals surface area contributed by atoms with E-state index in [1.165, 1.54) is 12.8 Å². The summed E-state index contributed by atoms with van der Waals surface area (Å²) in [6.45, 7) is 0. The van der Waals surface area contributed by atoms with Crippen LogP contribution in [0.4, 0.5) is 5.69 Å². The first kappa shape index (κ1) is 19.1. The number of amides is 1. The van der Waals surface area contributed by atoms with Gasteiger partial charge in [0.1, 0.15) is 5.65 Å². The van der Waals surface area contributed by atoms with Crippen molar-refractivity contribution in [2.75, 3.05) is 5.32 Å². The van der Waals surface area contributed by atoms with Crippen LogP contribution in [0.15, 0.2) is 18.5 Å². The monoisotopic (exact) mass is 424 g/mol. The third kappa shape index (κ3) is 2.80. The van der Waals surface area contributed by atoms with Crippen LogP contribution in [0.2, 0.25) is 0 Å². The molecule has 2 aromatic heterocycles. The number of anilines is 1. The minimum atomic E-state index is -0.462. The second-order valence-electron chi connectivity index (χ2n) is 8.02. The van der Waals surface area contributed by atoms with Crippen LogP contribution in [-0.4, -0.2) is 38.1 Å². The largest absolute Gasteiger partial charge is 0.412 e. The van der Waals surface area contributed by atoms with Crippen LogP contribution in [0.5, 0.6) is 0 Å². The Morgan fingerprint density at radius 2 is 2.00 bits per heavy atom. The maximum absolute atomic E-state index is 11.9. The average Bonchev–Trinajstić information content (AvgIpc) is 2.97. The van der Waals surface area contributed by atoms with Crippen molar-refractivity contribution in [3.05, 3.63) is 24.0 Å². The molecule has 0 radical (unpaired) electrons. The highest BCUT2D eigenvalue weighted by Gasteiger charge is 2.54. The average molecular weight is 425 g/mol. The van der Waals surface area contributed by atoms with Gasteiger partial charge in [-0.2, -0.15) is 0 Å². The lowest BCUT2D eigenvalue weighted by Crippen LogP contribution is -2.59. The number of halogens is 1. The molecular weight excluding hydrogens is 400 g/mol. The predicted octanol–water partition coefficient (Wildman–Crippen LogP) is 1.77. The fourth-order valence-electron chi connectivity index (χ4n) is 5.73. The van der Waals surface area contributed by atoms with Gasteiger partial charge in [-0.3, -0.25) is 4.79 Å². The summed E-state index contributed by atoms with van der Waals surface area (Å²) >= 11 is 0. The fourth-order valence-corrected chi connectivity index (χ4v) is 5.73. The highest BCUT2D eigenvalue weighted by atomic mass is 79.9. The molecule has 4 aliphatic carbocycles. The Morgan fingerprint density at radius 1 is 1.31 bits per heavy atom. The quantitative estimate of drug-likeness (QED) is 0.596. The molecule has 7 N–H and O–H groups in total. The Labute approximate surface area is 161 Å². The minimum Gasteiger partial charge on any atom is -0.412 e. The first-order valence-electron chi connectivity index (χ1n) is 8.77. The van der Waals surface area contributed by atoms with E-state index in [-0.39, 0.29) is 22.5 Å². The Balaban J connectivity index is 0.000000980. The number of rotatable bonds is 3. The van der Waals surface area contributed by atoms with Crippen LogP contribution in [0, 0.1) is 17.8 Å². The van der Waals surface area contributed by atoms with Crippen LogP contribution < -0.4 is 11.1 Å². The van der Waals surface area contributed by atoms with Crippen LogP contribution in [0.3, 0.4) is 0 Å². The number of primary amides is 1. The zero-order valence-electron chi connectivity index (χ0n) is 14.4. The summed E-state index contributed by atoms with van der Waals surface area (Å²) in [5.41, 5.74) is 7.10. The van der Waals surface area contributed by atoms with E-state index in [1.807, 2.05) is 12.3 Å². The molecule has 7 nitrogen and oxygen atoms in total. The van der Waals surface area contributed by atoms with Gasteiger partial charge >= 0.3 is 0 Å². The third-order valence-corrected chi connectivity index (χ3v) is 6.40. The number of aromatic nitrogens is 2. The standard InChI is InChI=1S/C18H22N4O2.BrH.H2O/c19-16(23)13-8-21-17-12(1-2-20-17)15(13)22-14-10-3-9-4-11(14)7-18(24,5-9)6-10;;/h1-2,8-11,14,24H,3-7H2,(H2,19,23)(H2,20,21,22);1H;1H2/t9-,10+,11-,14-,18+;;. The van der Waals surface area contributed by atoms with Crippen molar-refractivity contribution in [1.29, 1.82) is 0 Å². The van der Waals surface area contributed by atoms with Crippen molar-refractivity contribution in [2.24, 2.45) is 23.5 Å². The summed E-state index contributed by atoms with van der Waals surface area (Å²) < 4.78 is 0. The molecule has 4 bridgehead atoms. The first-order chi connectivity index (χ1) is 11.5. The number of nitrogens with zero attached hydrogens (tertiary/aromatic N) is 1. The Kier molecular flexibility index (Phi) is 4.79. The Hall–Kier alpha value is -1.64. The van der Waals surface area contributed by atoms with E-state index < -0.39 is 11.5 Å². The molecule has 4 saturated carbocycles. The zero-order chi connectivity index (χ0) is 16.5. The van der Waals surface area contributed by atoms with Gasteiger partial charge in [0.15, 0.2) is 0 Å². The van der Waals surface area contributed by atoms with Gasteiger partial charge in [0.25, 0.3) is 5.91 Å². The molecule has 0 saturated heterocycles. The smallest absolute Gasteiger partial charge is 0.252 e. The molecule has 1 amide bonds. The summed E-state index contributed by atoms with van der Waals surface area (Å²) in [6, 6.07) is 2.22. The molecule has 8 heteroatoms. The number of nitrogens with two attached hydrogens (primary N) is 1. The van der Waals surface area contributed by atoms with Gasteiger partial charge in [-0.05, 0) is 55.9 Å². The van der Waals surface area contributed by atoms with E-state index in [9.17, 15) is 9.90 Å². The Bertz CT molecular complexity index is 823. The van der Waals surface area contributed by atoms with Crippen LogP contribution in [-0.2, 0) is 0 Å². The molecule has 0 unspecified atom stereocenters. The molecule has 142 valence electrons. The Morgan fingerprint density at radius 3 is 2.62 bits per heavy atom. The van der Waals surface area contributed by atoms with Gasteiger partial charge in [0.05, 0.1) is 16.9 Å². The van der Waals surface area contributed by atoms with Gasteiger partial charge in [-0.25, -0.2) is 4.98 Å². The first-order valence-corrected chi connectivity index (χ1v) is 8.77. The van der Waals surface area contributed by atoms with E-state index in [2.05, 4.69) is 15.3 Å².